The first-order valence-electron chi connectivity index (χ1n) is 13.5. The lowest BCUT2D eigenvalue weighted by atomic mass is 10.1. The van der Waals surface area contributed by atoms with E-state index in [0.29, 0.717) is 11.1 Å². The fourth-order valence-corrected chi connectivity index (χ4v) is 3.54. The molecule has 0 spiro atoms. The van der Waals surface area contributed by atoms with Gasteiger partial charge in [-0.25, -0.2) is 18.4 Å². The second-order valence-corrected chi connectivity index (χ2v) is 11.2. The molecule has 0 radical (unpaired) electrons. The molecule has 0 aliphatic rings. The molecular formula is C30H42F2N2O7. The summed E-state index contributed by atoms with van der Waals surface area (Å²) in [6.45, 7) is 11.4. The molecule has 0 saturated carbocycles. The van der Waals surface area contributed by atoms with Gasteiger partial charge < -0.3 is 34.3 Å². The highest BCUT2D eigenvalue weighted by Crippen LogP contribution is 2.20. The van der Waals surface area contributed by atoms with E-state index < -0.39 is 47.2 Å². The molecule has 0 aromatic heterocycles. The molecule has 2 atom stereocenters. The zero-order valence-corrected chi connectivity index (χ0v) is 24.6. The minimum Gasteiger partial charge on any atom is -0.444 e. The first-order valence-corrected chi connectivity index (χ1v) is 13.5. The lowest BCUT2D eigenvalue weighted by Gasteiger charge is -2.23. The van der Waals surface area contributed by atoms with Crippen molar-refractivity contribution < 1.29 is 42.1 Å². The largest absolute Gasteiger partial charge is 0.444 e. The summed E-state index contributed by atoms with van der Waals surface area (Å²) >= 11 is 0. The van der Waals surface area contributed by atoms with E-state index >= 15 is 0 Å². The van der Waals surface area contributed by atoms with Gasteiger partial charge >= 0.3 is 12.2 Å². The van der Waals surface area contributed by atoms with Gasteiger partial charge in [-0.2, -0.15) is 0 Å². The van der Waals surface area contributed by atoms with Gasteiger partial charge in [-0.3, -0.25) is 0 Å². The second-order valence-electron chi connectivity index (χ2n) is 11.2. The van der Waals surface area contributed by atoms with E-state index in [4.69, 9.17) is 23.7 Å². The number of nitrogens with one attached hydrogen (secondary N) is 2. The van der Waals surface area contributed by atoms with Crippen molar-refractivity contribution in [2.75, 3.05) is 39.5 Å². The standard InChI is InChI=1S/C30H42F2N2O7/c1-29(2,3)40-27(35)33-19-25(21-9-7-11-23(31)17-21)38-15-13-37-14-16-39-26(22-10-8-12-24(32)18-22)20-34-28(36)41-30(4,5)6/h7-12,17-18,25-26H,13-16,19-20H2,1-6H3,(H,33,35)(H,34,36). The number of hydrogen-bond donors (Lipinski definition) is 2. The normalized spacial score (nSPS) is 13.3. The van der Waals surface area contributed by atoms with Crippen LogP contribution in [0.2, 0.25) is 0 Å². The molecule has 0 aliphatic carbocycles. The Morgan fingerprint density at radius 1 is 0.683 bits per heavy atom. The van der Waals surface area contributed by atoms with Gasteiger partial charge in [-0.05, 0) is 76.9 Å². The molecule has 2 unspecified atom stereocenters. The summed E-state index contributed by atoms with van der Waals surface area (Å²) in [7, 11) is 0. The predicted octanol–water partition coefficient (Wildman–Crippen LogP) is 5.85. The van der Waals surface area contributed by atoms with Gasteiger partial charge in [0.2, 0.25) is 0 Å². The van der Waals surface area contributed by atoms with E-state index in [2.05, 4.69) is 10.6 Å². The van der Waals surface area contributed by atoms with E-state index in [1.807, 2.05) is 0 Å². The highest BCUT2D eigenvalue weighted by Gasteiger charge is 2.20. The maximum Gasteiger partial charge on any atom is 0.407 e. The molecule has 0 bridgehead atoms. The Bertz CT molecular complexity index is 1020. The number of carbonyl (C=O) groups excluding carboxylic acids is 2. The highest BCUT2D eigenvalue weighted by atomic mass is 19.1. The lowest BCUT2D eigenvalue weighted by molar-refractivity contribution is -0.0276. The van der Waals surface area contributed by atoms with Crippen molar-refractivity contribution in [2.45, 2.75) is 65.0 Å². The van der Waals surface area contributed by atoms with Crippen LogP contribution in [0.5, 0.6) is 0 Å². The van der Waals surface area contributed by atoms with Gasteiger partial charge in [0.1, 0.15) is 35.0 Å². The van der Waals surface area contributed by atoms with Crippen molar-refractivity contribution in [2.24, 2.45) is 0 Å². The summed E-state index contributed by atoms with van der Waals surface area (Å²) < 4.78 is 55.5. The first-order chi connectivity index (χ1) is 19.2. The maximum absolute atomic E-state index is 13.8. The van der Waals surface area contributed by atoms with E-state index in [1.54, 1.807) is 65.8 Å². The Balaban J connectivity index is 1.83. The molecule has 228 valence electrons. The summed E-state index contributed by atoms with van der Waals surface area (Å²) in [5.41, 5.74) is -0.205. The minimum atomic E-state index is -0.658. The number of amides is 2. The van der Waals surface area contributed by atoms with E-state index in [-0.39, 0.29) is 39.5 Å². The van der Waals surface area contributed by atoms with E-state index in [0.717, 1.165) is 0 Å². The molecule has 2 N–H and O–H groups in total. The molecule has 9 nitrogen and oxygen atoms in total. The molecular weight excluding hydrogens is 538 g/mol. The smallest absolute Gasteiger partial charge is 0.407 e. The lowest BCUT2D eigenvalue weighted by Crippen LogP contribution is -2.35. The molecule has 2 amide bonds. The Morgan fingerprint density at radius 3 is 1.41 bits per heavy atom. The van der Waals surface area contributed by atoms with Crippen LogP contribution >= 0.6 is 0 Å². The van der Waals surface area contributed by atoms with Crippen molar-refractivity contribution in [3.63, 3.8) is 0 Å². The maximum atomic E-state index is 13.8. The fourth-order valence-electron chi connectivity index (χ4n) is 3.54. The molecule has 11 heteroatoms. The second kappa shape index (κ2) is 16.2. The summed E-state index contributed by atoms with van der Waals surface area (Å²) in [6.07, 6.45) is -2.47. The number of benzene rings is 2. The SMILES string of the molecule is CC(C)(C)OC(=O)NCC(OCCOCCOC(CNC(=O)OC(C)(C)C)c1cccc(F)c1)c1cccc(F)c1. The Hall–Kier alpha value is -3.28. The van der Waals surface area contributed by atoms with Crippen molar-refractivity contribution >= 4 is 12.2 Å². The van der Waals surface area contributed by atoms with Crippen molar-refractivity contribution in [3.05, 3.63) is 71.3 Å². The number of ether oxygens (including phenoxy) is 5. The third kappa shape index (κ3) is 14.8. The third-order valence-electron chi connectivity index (χ3n) is 5.20. The van der Waals surface area contributed by atoms with Crippen LogP contribution < -0.4 is 10.6 Å². The number of rotatable bonds is 14. The summed E-state index contributed by atoms with van der Waals surface area (Å²) in [4.78, 5) is 24.2. The summed E-state index contributed by atoms with van der Waals surface area (Å²) in [5.74, 6) is -0.841. The topological polar surface area (TPSA) is 104 Å². The van der Waals surface area contributed by atoms with E-state index in [9.17, 15) is 18.4 Å². The van der Waals surface area contributed by atoms with Crippen LogP contribution in [0.3, 0.4) is 0 Å². The molecule has 2 aromatic carbocycles. The van der Waals surface area contributed by atoms with Crippen molar-refractivity contribution in [1.82, 2.24) is 10.6 Å². The molecule has 2 rings (SSSR count). The van der Waals surface area contributed by atoms with Crippen LogP contribution in [-0.2, 0) is 23.7 Å². The molecule has 0 heterocycles. The van der Waals surface area contributed by atoms with Crippen molar-refractivity contribution in [3.8, 4) is 0 Å². The average Bonchev–Trinajstić information content (AvgIpc) is 2.84. The van der Waals surface area contributed by atoms with Crippen molar-refractivity contribution in [1.29, 1.82) is 0 Å². The Labute approximate surface area is 240 Å². The van der Waals surface area contributed by atoms with Crippen LogP contribution in [0.25, 0.3) is 0 Å². The molecule has 0 aliphatic heterocycles. The number of halogens is 2. The monoisotopic (exact) mass is 580 g/mol. The summed E-state index contributed by atoms with van der Waals surface area (Å²) in [6, 6.07) is 11.9. The molecule has 2 aromatic rings. The average molecular weight is 581 g/mol. The van der Waals surface area contributed by atoms with Gasteiger partial charge in [0.05, 0.1) is 39.5 Å². The third-order valence-corrected chi connectivity index (χ3v) is 5.20. The van der Waals surface area contributed by atoms with Gasteiger partial charge in [0.25, 0.3) is 0 Å². The number of carbonyl (C=O) groups is 2. The first kappa shape index (κ1) is 33.9. The number of hydrogen-bond acceptors (Lipinski definition) is 7. The Morgan fingerprint density at radius 2 is 1.07 bits per heavy atom. The zero-order chi connectivity index (χ0) is 30.5. The van der Waals surface area contributed by atoms with Crippen LogP contribution in [0, 0.1) is 11.6 Å². The quantitative estimate of drug-likeness (QED) is 0.270. The highest BCUT2D eigenvalue weighted by molar-refractivity contribution is 5.68. The molecule has 0 saturated heterocycles. The van der Waals surface area contributed by atoms with Gasteiger partial charge in [0.15, 0.2) is 0 Å². The van der Waals surface area contributed by atoms with Gasteiger partial charge in [0, 0.05) is 0 Å². The van der Waals surface area contributed by atoms with Crippen LogP contribution in [-0.4, -0.2) is 62.9 Å². The summed E-state index contributed by atoms with van der Waals surface area (Å²) in [5, 5.41) is 5.30. The van der Waals surface area contributed by atoms with Crippen LogP contribution in [0.4, 0.5) is 18.4 Å². The van der Waals surface area contributed by atoms with E-state index in [1.165, 1.54) is 24.3 Å². The van der Waals surface area contributed by atoms with Crippen LogP contribution in [0.15, 0.2) is 48.5 Å². The fraction of sp³-hybridized carbons (Fsp3) is 0.533. The van der Waals surface area contributed by atoms with Crippen LogP contribution in [0.1, 0.15) is 64.9 Å². The number of alkyl carbamates (subject to hydrolysis) is 2. The minimum absolute atomic E-state index is 0.0709. The zero-order valence-electron chi connectivity index (χ0n) is 24.6. The van der Waals surface area contributed by atoms with Gasteiger partial charge in [-0.1, -0.05) is 24.3 Å². The molecule has 0 fully saturated rings. The predicted molar refractivity (Wildman–Crippen MR) is 149 cm³/mol. The molecule has 41 heavy (non-hydrogen) atoms. The van der Waals surface area contributed by atoms with Gasteiger partial charge in [-0.15, -0.1) is 0 Å². The Kier molecular flexibility index (Phi) is 13.4.